The minimum absolute atomic E-state index is 0.358. The smallest absolute Gasteiger partial charge is 0.225 e. The Labute approximate surface area is 121 Å². The molecule has 4 heteroatoms. The summed E-state index contributed by atoms with van der Waals surface area (Å²) in [6, 6.07) is 0. The third kappa shape index (κ3) is 2.37. The number of piperidine rings is 2. The zero-order valence-corrected chi connectivity index (χ0v) is 12.2. The number of hydrogen-bond donors (Lipinski definition) is 1. The van der Waals surface area contributed by atoms with Crippen molar-refractivity contribution in [2.24, 2.45) is 23.7 Å². The molecule has 0 aromatic rings. The Morgan fingerprint density at radius 1 is 1.10 bits per heavy atom. The number of nitrogens with one attached hydrogen (secondary N) is 1. The van der Waals surface area contributed by atoms with Crippen LogP contribution in [-0.2, 0) is 9.53 Å². The summed E-state index contributed by atoms with van der Waals surface area (Å²) in [4.78, 5) is 14.8. The normalized spacial score (nSPS) is 41.5. The minimum Gasteiger partial charge on any atom is -0.378 e. The molecule has 20 heavy (non-hydrogen) atoms. The maximum atomic E-state index is 12.7. The number of hydrogen-bond acceptors (Lipinski definition) is 3. The van der Waals surface area contributed by atoms with Crippen LogP contribution in [0.15, 0.2) is 0 Å². The van der Waals surface area contributed by atoms with Crippen LogP contribution in [0.1, 0.15) is 32.1 Å². The highest BCUT2D eigenvalue weighted by Crippen LogP contribution is 2.48. The van der Waals surface area contributed by atoms with E-state index in [-0.39, 0.29) is 0 Å². The molecular weight excluding hydrogens is 252 g/mol. The molecule has 4 aliphatic rings. The molecular formula is C16H26N2O2. The first-order chi connectivity index (χ1) is 9.83. The molecule has 4 fully saturated rings. The molecule has 3 saturated heterocycles. The van der Waals surface area contributed by atoms with Crippen LogP contribution in [0.25, 0.3) is 0 Å². The van der Waals surface area contributed by atoms with E-state index in [0.29, 0.717) is 29.8 Å². The molecule has 0 unspecified atom stereocenters. The highest BCUT2D eigenvalue weighted by atomic mass is 16.5. The summed E-state index contributed by atoms with van der Waals surface area (Å²) in [6.45, 7) is 5.08. The third-order valence-corrected chi connectivity index (χ3v) is 5.94. The SMILES string of the molecule is O=C([C@@H]1C[C@H]1C1CCNCC1)N1CC[C@@H]2OCC[C@@H]2C1. The first-order valence-corrected chi connectivity index (χ1v) is 8.44. The first kappa shape index (κ1) is 13.1. The second-order valence-electron chi connectivity index (χ2n) is 7.12. The highest BCUT2D eigenvalue weighted by molar-refractivity contribution is 5.81. The van der Waals surface area contributed by atoms with Crippen LogP contribution in [-0.4, -0.2) is 49.7 Å². The van der Waals surface area contributed by atoms with Gasteiger partial charge in [-0.2, -0.15) is 0 Å². The predicted octanol–water partition coefficient (Wildman–Crippen LogP) is 1.26. The van der Waals surface area contributed by atoms with Gasteiger partial charge in [0.1, 0.15) is 0 Å². The fourth-order valence-electron chi connectivity index (χ4n) is 4.60. The quantitative estimate of drug-likeness (QED) is 0.827. The van der Waals surface area contributed by atoms with Gasteiger partial charge in [0.25, 0.3) is 0 Å². The molecule has 3 heterocycles. The zero-order chi connectivity index (χ0) is 13.5. The molecule has 4 atom stereocenters. The van der Waals surface area contributed by atoms with Crippen LogP contribution in [0.5, 0.6) is 0 Å². The van der Waals surface area contributed by atoms with E-state index in [1.807, 2.05) is 0 Å². The zero-order valence-electron chi connectivity index (χ0n) is 12.2. The Morgan fingerprint density at radius 2 is 1.95 bits per heavy atom. The summed E-state index contributed by atoms with van der Waals surface area (Å²) in [7, 11) is 0. The lowest BCUT2D eigenvalue weighted by Gasteiger charge is -2.34. The number of ether oxygens (including phenoxy) is 1. The summed E-state index contributed by atoms with van der Waals surface area (Å²) in [6.07, 6.45) is 6.35. The Hall–Kier alpha value is -0.610. The predicted molar refractivity (Wildman–Crippen MR) is 76.2 cm³/mol. The van der Waals surface area contributed by atoms with Gasteiger partial charge >= 0.3 is 0 Å². The summed E-state index contributed by atoms with van der Waals surface area (Å²) >= 11 is 0. The van der Waals surface area contributed by atoms with E-state index in [9.17, 15) is 4.79 Å². The van der Waals surface area contributed by atoms with Crippen LogP contribution in [0, 0.1) is 23.7 Å². The van der Waals surface area contributed by atoms with Gasteiger partial charge in [0.15, 0.2) is 0 Å². The largest absolute Gasteiger partial charge is 0.378 e. The summed E-state index contributed by atoms with van der Waals surface area (Å²) in [5, 5.41) is 3.42. The minimum atomic E-state index is 0.358. The van der Waals surface area contributed by atoms with Gasteiger partial charge < -0.3 is 15.0 Å². The van der Waals surface area contributed by atoms with Crippen LogP contribution < -0.4 is 5.32 Å². The third-order valence-electron chi connectivity index (χ3n) is 5.94. The van der Waals surface area contributed by atoms with E-state index in [0.717, 1.165) is 58.0 Å². The Bertz CT molecular complexity index is 381. The van der Waals surface area contributed by atoms with Gasteiger partial charge in [-0.3, -0.25) is 4.79 Å². The monoisotopic (exact) mass is 278 g/mol. The molecule has 3 aliphatic heterocycles. The van der Waals surface area contributed by atoms with Crippen molar-refractivity contribution in [3.63, 3.8) is 0 Å². The molecule has 0 radical (unpaired) electrons. The van der Waals surface area contributed by atoms with Crippen LogP contribution in [0.3, 0.4) is 0 Å². The van der Waals surface area contributed by atoms with E-state index in [2.05, 4.69) is 10.2 Å². The number of nitrogens with zero attached hydrogens (tertiary/aromatic N) is 1. The van der Waals surface area contributed by atoms with Crippen LogP contribution >= 0.6 is 0 Å². The van der Waals surface area contributed by atoms with E-state index in [1.54, 1.807) is 0 Å². The lowest BCUT2D eigenvalue weighted by molar-refractivity contribution is -0.136. The maximum Gasteiger partial charge on any atom is 0.225 e. The molecule has 0 aromatic heterocycles. The van der Waals surface area contributed by atoms with E-state index >= 15 is 0 Å². The molecule has 0 bridgehead atoms. The second-order valence-corrected chi connectivity index (χ2v) is 7.12. The number of carbonyl (C=O) groups excluding carboxylic acids is 1. The van der Waals surface area contributed by atoms with Crippen molar-refractivity contribution in [1.29, 1.82) is 0 Å². The maximum absolute atomic E-state index is 12.7. The Morgan fingerprint density at radius 3 is 2.80 bits per heavy atom. The topological polar surface area (TPSA) is 41.6 Å². The number of fused-ring (bicyclic) bond motifs is 1. The van der Waals surface area contributed by atoms with E-state index in [4.69, 9.17) is 4.74 Å². The first-order valence-electron chi connectivity index (χ1n) is 8.44. The number of likely N-dealkylation sites (tertiary alicyclic amines) is 1. The molecule has 1 aliphatic carbocycles. The molecule has 1 saturated carbocycles. The van der Waals surface area contributed by atoms with E-state index < -0.39 is 0 Å². The molecule has 1 amide bonds. The van der Waals surface area contributed by atoms with Gasteiger partial charge in [-0.25, -0.2) is 0 Å². The average Bonchev–Trinajstić information content (AvgIpc) is 3.17. The van der Waals surface area contributed by atoms with Crippen molar-refractivity contribution in [2.45, 2.75) is 38.2 Å². The van der Waals surface area contributed by atoms with Crippen molar-refractivity contribution in [3.8, 4) is 0 Å². The van der Waals surface area contributed by atoms with Crippen molar-refractivity contribution in [1.82, 2.24) is 10.2 Å². The van der Waals surface area contributed by atoms with Gasteiger partial charge in [-0.1, -0.05) is 0 Å². The number of carbonyl (C=O) groups is 1. The van der Waals surface area contributed by atoms with Gasteiger partial charge in [0, 0.05) is 31.5 Å². The van der Waals surface area contributed by atoms with Crippen LogP contribution in [0.2, 0.25) is 0 Å². The molecule has 1 N–H and O–H groups in total. The molecule has 0 aromatic carbocycles. The standard InChI is InChI=1S/C16H26N2O2/c19-16(14-9-13(14)11-1-5-17-6-2-11)18-7-3-15-12(10-18)4-8-20-15/h11-15,17H,1-10H2/t12-,13+,14-,15+/m1/s1. The summed E-state index contributed by atoms with van der Waals surface area (Å²) in [5.41, 5.74) is 0. The molecule has 112 valence electrons. The lowest BCUT2D eigenvalue weighted by Crippen LogP contribution is -2.45. The fraction of sp³-hybridized carbons (Fsp3) is 0.938. The number of rotatable bonds is 2. The van der Waals surface area contributed by atoms with E-state index in [1.165, 1.54) is 12.8 Å². The summed E-state index contributed by atoms with van der Waals surface area (Å²) < 4.78 is 5.73. The van der Waals surface area contributed by atoms with Gasteiger partial charge in [-0.05, 0) is 57.0 Å². The number of amides is 1. The van der Waals surface area contributed by atoms with Crippen LogP contribution in [0.4, 0.5) is 0 Å². The van der Waals surface area contributed by atoms with Crippen molar-refractivity contribution in [2.75, 3.05) is 32.8 Å². The molecule has 4 nitrogen and oxygen atoms in total. The summed E-state index contributed by atoms with van der Waals surface area (Å²) in [5.74, 6) is 2.93. The Kier molecular flexibility index (Phi) is 3.47. The molecule has 0 spiro atoms. The van der Waals surface area contributed by atoms with Gasteiger partial charge in [0.05, 0.1) is 6.10 Å². The second kappa shape index (κ2) is 5.30. The fourth-order valence-corrected chi connectivity index (χ4v) is 4.60. The van der Waals surface area contributed by atoms with Gasteiger partial charge in [-0.15, -0.1) is 0 Å². The lowest BCUT2D eigenvalue weighted by atomic mass is 9.91. The van der Waals surface area contributed by atoms with Gasteiger partial charge in [0.2, 0.25) is 5.91 Å². The Balaban J connectivity index is 1.32. The van der Waals surface area contributed by atoms with Crippen molar-refractivity contribution in [3.05, 3.63) is 0 Å². The van der Waals surface area contributed by atoms with Crippen molar-refractivity contribution >= 4 is 5.91 Å². The highest BCUT2D eigenvalue weighted by Gasteiger charge is 2.49. The molecule has 4 rings (SSSR count). The van der Waals surface area contributed by atoms with Crippen molar-refractivity contribution < 1.29 is 9.53 Å². The average molecular weight is 278 g/mol.